The Balaban J connectivity index is 2.04. The van der Waals surface area contributed by atoms with Crippen molar-refractivity contribution < 1.29 is 9.18 Å². The molecule has 0 radical (unpaired) electrons. The van der Waals surface area contributed by atoms with E-state index in [4.69, 9.17) is 5.73 Å². The lowest BCUT2D eigenvalue weighted by Crippen LogP contribution is -2.42. The molecule has 3 nitrogen and oxygen atoms in total. The minimum atomic E-state index is -0.262. The highest BCUT2D eigenvalue weighted by atomic mass is 19.1. The zero-order valence-corrected chi connectivity index (χ0v) is 13.1. The molecule has 1 saturated carbocycles. The van der Waals surface area contributed by atoms with E-state index in [1.165, 1.54) is 12.1 Å². The number of nitrogens with zero attached hydrogens (tertiary/aromatic N) is 1. The molecule has 1 aliphatic rings. The van der Waals surface area contributed by atoms with E-state index < -0.39 is 0 Å². The SMILES string of the molecule is CC(C)(C)C(N)CC(=O)N(Cc1cccc(F)c1)C1CC1. The maximum Gasteiger partial charge on any atom is 0.224 e. The summed E-state index contributed by atoms with van der Waals surface area (Å²) in [5.74, 6) is -0.189. The lowest BCUT2D eigenvalue weighted by atomic mass is 9.85. The van der Waals surface area contributed by atoms with Gasteiger partial charge in [-0.05, 0) is 36.0 Å². The zero-order valence-electron chi connectivity index (χ0n) is 13.1. The lowest BCUT2D eigenvalue weighted by Gasteiger charge is -2.30. The summed E-state index contributed by atoms with van der Waals surface area (Å²) in [5.41, 5.74) is 6.86. The molecule has 1 aliphatic carbocycles. The first-order chi connectivity index (χ1) is 9.77. The Labute approximate surface area is 126 Å². The third kappa shape index (κ3) is 4.53. The molecule has 2 N–H and O–H groups in total. The summed E-state index contributed by atoms with van der Waals surface area (Å²) < 4.78 is 13.3. The molecule has 4 heteroatoms. The summed E-state index contributed by atoms with van der Waals surface area (Å²) >= 11 is 0. The number of hydrogen-bond acceptors (Lipinski definition) is 2. The Morgan fingerprint density at radius 1 is 1.43 bits per heavy atom. The second-order valence-electron chi connectivity index (χ2n) is 7.06. The Morgan fingerprint density at radius 3 is 2.62 bits per heavy atom. The van der Waals surface area contributed by atoms with Gasteiger partial charge in [0.25, 0.3) is 0 Å². The molecule has 0 heterocycles. The number of nitrogens with two attached hydrogens (primary N) is 1. The van der Waals surface area contributed by atoms with Crippen molar-refractivity contribution in [3.63, 3.8) is 0 Å². The van der Waals surface area contributed by atoms with Gasteiger partial charge in [0.1, 0.15) is 5.82 Å². The molecule has 21 heavy (non-hydrogen) atoms. The van der Waals surface area contributed by atoms with Crippen molar-refractivity contribution in [1.29, 1.82) is 0 Å². The van der Waals surface area contributed by atoms with Gasteiger partial charge in [0, 0.05) is 25.0 Å². The second kappa shape index (κ2) is 6.14. The van der Waals surface area contributed by atoms with Gasteiger partial charge in [-0.15, -0.1) is 0 Å². The van der Waals surface area contributed by atoms with Crippen molar-refractivity contribution >= 4 is 5.91 Å². The monoisotopic (exact) mass is 292 g/mol. The van der Waals surface area contributed by atoms with Gasteiger partial charge in [0.2, 0.25) is 5.91 Å². The molecule has 2 rings (SSSR count). The van der Waals surface area contributed by atoms with E-state index in [-0.39, 0.29) is 23.2 Å². The molecule has 1 atom stereocenters. The van der Waals surface area contributed by atoms with E-state index in [0.29, 0.717) is 19.0 Å². The summed E-state index contributed by atoms with van der Waals surface area (Å²) in [7, 11) is 0. The summed E-state index contributed by atoms with van der Waals surface area (Å²) in [5, 5.41) is 0. The normalized spacial score (nSPS) is 16.6. The predicted molar refractivity (Wildman–Crippen MR) is 82.0 cm³/mol. The van der Waals surface area contributed by atoms with Gasteiger partial charge in [0.15, 0.2) is 0 Å². The van der Waals surface area contributed by atoms with Crippen molar-refractivity contribution in [2.45, 2.75) is 58.7 Å². The number of rotatable bonds is 5. The molecule has 1 aromatic rings. The van der Waals surface area contributed by atoms with Gasteiger partial charge in [-0.3, -0.25) is 4.79 Å². The van der Waals surface area contributed by atoms with Crippen LogP contribution in [-0.4, -0.2) is 22.9 Å². The summed E-state index contributed by atoms with van der Waals surface area (Å²) in [6, 6.07) is 6.58. The van der Waals surface area contributed by atoms with Crippen LogP contribution in [-0.2, 0) is 11.3 Å². The van der Waals surface area contributed by atoms with E-state index in [1.54, 1.807) is 6.07 Å². The number of hydrogen-bond donors (Lipinski definition) is 1. The van der Waals surface area contributed by atoms with Crippen LogP contribution in [0.25, 0.3) is 0 Å². The van der Waals surface area contributed by atoms with Gasteiger partial charge in [-0.1, -0.05) is 32.9 Å². The van der Waals surface area contributed by atoms with Crippen molar-refractivity contribution in [3.8, 4) is 0 Å². The molecule has 0 aromatic heterocycles. The fourth-order valence-electron chi connectivity index (χ4n) is 2.25. The van der Waals surface area contributed by atoms with Crippen LogP contribution in [0, 0.1) is 11.2 Å². The third-order valence-corrected chi connectivity index (χ3v) is 4.06. The average Bonchev–Trinajstić information content (AvgIpc) is 3.18. The van der Waals surface area contributed by atoms with Crippen LogP contribution in [0.3, 0.4) is 0 Å². The first kappa shape index (κ1) is 16.0. The van der Waals surface area contributed by atoms with Gasteiger partial charge in [-0.25, -0.2) is 4.39 Å². The molecule has 0 spiro atoms. The van der Waals surface area contributed by atoms with Crippen molar-refractivity contribution in [1.82, 2.24) is 4.90 Å². The Hall–Kier alpha value is -1.42. The van der Waals surface area contributed by atoms with Gasteiger partial charge in [-0.2, -0.15) is 0 Å². The van der Waals surface area contributed by atoms with E-state index in [2.05, 4.69) is 0 Å². The van der Waals surface area contributed by atoms with Gasteiger partial charge in [0.05, 0.1) is 0 Å². The standard InChI is InChI=1S/C17H25FN2O/c1-17(2,3)15(19)10-16(21)20(14-7-8-14)11-12-5-4-6-13(18)9-12/h4-6,9,14-15H,7-8,10-11,19H2,1-3H3. The number of halogens is 1. The number of carbonyl (C=O) groups is 1. The quantitative estimate of drug-likeness (QED) is 0.906. The fraction of sp³-hybridized carbons (Fsp3) is 0.588. The molecule has 1 unspecified atom stereocenters. The van der Waals surface area contributed by atoms with Crippen LogP contribution in [0.15, 0.2) is 24.3 Å². The van der Waals surface area contributed by atoms with Crippen LogP contribution < -0.4 is 5.73 Å². The fourth-order valence-corrected chi connectivity index (χ4v) is 2.25. The molecule has 0 saturated heterocycles. The molecule has 1 fully saturated rings. The Morgan fingerprint density at radius 2 is 2.10 bits per heavy atom. The van der Waals surface area contributed by atoms with Crippen LogP contribution in [0.5, 0.6) is 0 Å². The molecular weight excluding hydrogens is 267 g/mol. The second-order valence-corrected chi connectivity index (χ2v) is 7.06. The van der Waals surface area contributed by atoms with Crippen molar-refractivity contribution in [2.75, 3.05) is 0 Å². The van der Waals surface area contributed by atoms with Gasteiger partial charge >= 0.3 is 0 Å². The highest BCUT2D eigenvalue weighted by molar-refractivity contribution is 5.77. The molecular formula is C17H25FN2O. The molecule has 1 aromatic carbocycles. The molecule has 0 aliphatic heterocycles. The summed E-state index contributed by atoms with van der Waals surface area (Å²) in [6.45, 7) is 6.59. The lowest BCUT2D eigenvalue weighted by molar-refractivity contribution is -0.133. The summed E-state index contributed by atoms with van der Waals surface area (Å²) in [4.78, 5) is 14.4. The van der Waals surface area contributed by atoms with Crippen LogP contribution in [0.2, 0.25) is 0 Å². The Bertz CT molecular complexity index is 506. The maximum absolute atomic E-state index is 13.3. The first-order valence-corrected chi connectivity index (χ1v) is 7.57. The molecule has 0 bridgehead atoms. The van der Waals surface area contributed by atoms with Crippen LogP contribution >= 0.6 is 0 Å². The van der Waals surface area contributed by atoms with Gasteiger partial charge < -0.3 is 10.6 Å². The highest BCUT2D eigenvalue weighted by Crippen LogP contribution is 2.30. The zero-order chi connectivity index (χ0) is 15.6. The molecule has 116 valence electrons. The van der Waals surface area contributed by atoms with Crippen LogP contribution in [0.1, 0.15) is 45.6 Å². The minimum absolute atomic E-state index is 0.0733. The minimum Gasteiger partial charge on any atom is -0.335 e. The average molecular weight is 292 g/mol. The number of benzene rings is 1. The van der Waals surface area contributed by atoms with Crippen LogP contribution in [0.4, 0.5) is 4.39 Å². The van der Waals surface area contributed by atoms with E-state index in [1.807, 2.05) is 31.7 Å². The first-order valence-electron chi connectivity index (χ1n) is 7.57. The van der Waals surface area contributed by atoms with E-state index in [9.17, 15) is 9.18 Å². The van der Waals surface area contributed by atoms with Crippen molar-refractivity contribution in [3.05, 3.63) is 35.6 Å². The predicted octanol–water partition coefficient (Wildman–Crippen LogP) is 3.08. The number of carbonyl (C=O) groups excluding carboxylic acids is 1. The smallest absolute Gasteiger partial charge is 0.224 e. The Kier molecular flexibility index (Phi) is 4.67. The number of amides is 1. The largest absolute Gasteiger partial charge is 0.335 e. The van der Waals surface area contributed by atoms with Crippen molar-refractivity contribution in [2.24, 2.45) is 11.1 Å². The topological polar surface area (TPSA) is 46.3 Å². The molecule has 1 amide bonds. The summed E-state index contributed by atoms with van der Waals surface area (Å²) in [6.07, 6.45) is 2.41. The highest BCUT2D eigenvalue weighted by Gasteiger charge is 2.34. The van der Waals surface area contributed by atoms with E-state index in [0.717, 1.165) is 18.4 Å². The third-order valence-electron chi connectivity index (χ3n) is 4.06. The van der Waals surface area contributed by atoms with E-state index >= 15 is 0 Å². The maximum atomic E-state index is 13.3.